The summed E-state index contributed by atoms with van der Waals surface area (Å²) in [7, 11) is 0. The zero-order valence-corrected chi connectivity index (χ0v) is 12.9. The van der Waals surface area contributed by atoms with E-state index in [0.717, 1.165) is 32.0 Å². The second-order valence-corrected chi connectivity index (χ2v) is 6.25. The SMILES string of the molecule is CC(C)N1CCCC(n2cc3cc(F)cc(C(N)=O)c3n2)C1. The molecule has 2 aromatic rings. The Hall–Kier alpha value is -1.95. The summed E-state index contributed by atoms with van der Waals surface area (Å²) in [5.41, 5.74) is 5.96. The zero-order chi connectivity index (χ0) is 15.9. The third kappa shape index (κ3) is 2.70. The van der Waals surface area contributed by atoms with Crippen molar-refractivity contribution in [3.05, 3.63) is 29.7 Å². The number of carbonyl (C=O) groups is 1. The van der Waals surface area contributed by atoms with Gasteiger partial charge >= 0.3 is 0 Å². The van der Waals surface area contributed by atoms with E-state index in [1.807, 2.05) is 10.9 Å². The van der Waals surface area contributed by atoms with Gasteiger partial charge in [0.25, 0.3) is 5.91 Å². The van der Waals surface area contributed by atoms with Gasteiger partial charge in [0.2, 0.25) is 0 Å². The average molecular weight is 304 g/mol. The molecule has 5 nitrogen and oxygen atoms in total. The van der Waals surface area contributed by atoms with Crippen LogP contribution in [0.3, 0.4) is 0 Å². The minimum absolute atomic E-state index is 0.144. The predicted molar refractivity (Wildman–Crippen MR) is 83.2 cm³/mol. The van der Waals surface area contributed by atoms with E-state index < -0.39 is 11.7 Å². The summed E-state index contributed by atoms with van der Waals surface area (Å²) < 4.78 is 15.5. The Morgan fingerprint density at radius 3 is 2.91 bits per heavy atom. The largest absolute Gasteiger partial charge is 0.366 e. The first kappa shape index (κ1) is 15.0. The smallest absolute Gasteiger partial charge is 0.251 e. The third-order valence-corrected chi connectivity index (χ3v) is 4.39. The standard InChI is InChI=1S/C16H21FN4O/c1-10(2)20-5-3-4-13(9-20)21-8-11-6-12(17)7-14(16(18)22)15(11)19-21/h6-8,10,13H,3-5,9H2,1-2H3,(H2,18,22). The molecule has 1 aromatic carbocycles. The number of hydrogen-bond acceptors (Lipinski definition) is 3. The quantitative estimate of drug-likeness (QED) is 0.946. The maximum absolute atomic E-state index is 13.6. The van der Waals surface area contributed by atoms with Crippen LogP contribution in [-0.4, -0.2) is 39.7 Å². The van der Waals surface area contributed by atoms with Crippen molar-refractivity contribution < 1.29 is 9.18 Å². The van der Waals surface area contributed by atoms with Crippen molar-refractivity contribution in [1.29, 1.82) is 0 Å². The molecule has 1 unspecified atom stereocenters. The molecule has 0 aliphatic carbocycles. The fourth-order valence-electron chi connectivity index (χ4n) is 3.16. The van der Waals surface area contributed by atoms with Crippen LogP contribution >= 0.6 is 0 Å². The molecule has 0 saturated carbocycles. The maximum Gasteiger partial charge on any atom is 0.251 e. The molecule has 0 bridgehead atoms. The number of carbonyl (C=O) groups excluding carboxylic acids is 1. The van der Waals surface area contributed by atoms with Gasteiger partial charge in [-0.3, -0.25) is 14.4 Å². The van der Waals surface area contributed by atoms with Crippen LogP contribution in [0.5, 0.6) is 0 Å². The Morgan fingerprint density at radius 2 is 2.23 bits per heavy atom. The van der Waals surface area contributed by atoms with E-state index in [-0.39, 0.29) is 11.6 Å². The number of benzene rings is 1. The van der Waals surface area contributed by atoms with E-state index in [0.29, 0.717) is 16.9 Å². The van der Waals surface area contributed by atoms with E-state index in [1.165, 1.54) is 6.07 Å². The van der Waals surface area contributed by atoms with Gasteiger partial charge in [-0.15, -0.1) is 0 Å². The second kappa shape index (κ2) is 5.68. The van der Waals surface area contributed by atoms with E-state index >= 15 is 0 Å². The number of piperidine rings is 1. The first-order valence-corrected chi connectivity index (χ1v) is 7.68. The molecule has 1 aliphatic heterocycles. The summed E-state index contributed by atoms with van der Waals surface area (Å²) in [4.78, 5) is 13.9. The maximum atomic E-state index is 13.6. The van der Waals surface area contributed by atoms with Crippen molar-refractivity contribution in [2.75, 3.05) is 13.1 Å². The van der Waals surface area contributed by atoms with Crippen molar-refractivity contribution >= 4 is 16.8 Å². The number of nitrogens with zero attached hydrogens (tertiary/aromatic N) is 3. The molecule has 1 atom stereocenters. The van der Waals surface area contributed by atoms with E-state index in [1.54, 1.807) is 0 Å². The molecule has 0 radical (unpaired) electrons. The summed E-state index contributed by atoms with van der Waals surface area (Å²) in [5, 5.41) is 5.14. The Labute approximate surface area is 128 Å². The van der Waals surface area contributed by atoms with Crippen LogP contribution in [0.4, 0.5) is 4.39 Å². The van der Waals surface area contributed by atoms with Crippen molar-refractivity contribution in [1.82, 2.24) is 14.7 Å². The van der Waals surface area contributed by atoms with Crippen LogP contribution in [0.25, 0.3) is 10.9 Å². The molecule has 1 aliphatic rings. The van der Waals surface area contributed by atoms with Crippen molar-refractivity contribution in [3.8, 4) is 0 Å². The van der Waals surface area contributed by atoms with Gasteiger partial charge in [-0.25, -0.2) is 4.39 Å². The molecular weight excluding hydrogens is 283 g/mol. The average Bonchev–Trinajstić information content (AvgIpc) is 2.90. The normalized spacial score (nSPS) is 19.9. The van der Waals surface area contributed by atoms with Gasteiger partial charge in [0.15, 0.2) is 0 Å². The van der Waals surface area contributed by atoms with Gasteiger partial charge in [-0.05, 0) is 45.4 Å². The van der Waals surface area contributed by atoms with Gasteiger partial charge in [0, 0.05) is 24.2 Å². The molecule has 1 amide bonds. The van der Waals surface area contributed by atoms with Crippen LogP contribution < -0.4 is 5.73 Å². The number of rotatable bonds is 3. The van der Waals surface area contributed by atoms with Crippen LogP contribution in [0.2, 0.25) is 0 Å². The fourth-order valence-corrected chi connectivity index (χ4v) is 3.16. The van der Waals surface area contributed by atoms with Gasteiger partial charge < -0.3 is 5.73 Å². The lowest BCUT2D eigenvalue weighted by Gasteiger charge is -2.35. The highest BCUT2D eigenvalue weighted by Gasteiger charge is 2.24. The van der Waals surface area contributed by atoms with Gasteiger partial charge in [-0.1, -0.05) is 0 Å². The molecule has 22 heavy (non-hydrogen) atoms. The highest BCUT2D eigenvalue weighted by Crippen LogP contribution is 2.26. The number of halogens is 1. The molecule has 3 rings (SSSR count). The number of hydrogen-bond donors (Lipinski definition) is 1. The lowest BCUT2D eigenvalue weighted by molar-refractivity contribution is 0.100. The lowest BCUT2D eigenvalue weighted by atomic mass is 10.0. The highest BCUT2D eigenvalue weighted by atomic mass is 19.1. The van der Waals surface area contributed by atoms with Gasteiger partial charge in [0.1, 0.15) is 11.3 Å². The molecule has 118 valence electrons. The summed E-state index contributed by atoms with van der Waals surface area (Å²) in [6.45, 7) is 6.38. The molecule has 1 aromatic heterocycles. The zero-order valence-electron chi connectivity index (χ0n) is 12.9. The summed E-state index contributed by atoms with van der Waals surface area (Å²) in [6, 6.07) is 3.29. The van der Waals surface area contributed by atoms with Crippen LogP contribution in [0.15, 0.2) is 18.3 Å². The summed E-state index contributed by atoms with van der Waals surface area (Å²) in [6.07, 6.45) is 3.96. The summed E-state index contributed by atoms with van der Waals surface area (Å²) in [5.74, 6) is -1.12. The highest BCUT2D eigenvalue weighted by molar-refractivity contribution is 6.04. The Morgan fingerprint density at radius 1 is 1.45 bits per heavy atom. The van der Waals surface area contributed by atoms with Gasteiger partial charge in [0.05, 0.1) is 11.6 Å². The van der Waals surface area contributed by atoms with Crippen molar-refractivity contribution in [2.24, 2.45) is 5.73 Å². The third-order valence-electron chi connectivity index (χ3n) is 4.39. The number of primary amides is 1. The summed E-state index contributed by atoms with van der Waals surface area (Å²) >= 11 is 0. The topological polar surface area (TPSA) is 64.2 Å². The van der Waals surface area contributed by atoms with Crippen molar-refractivity contribution in [3.63, 3.8) is 0 Å². The molecule has 1 fully saturated rings. The Kier molecular flexibility index (Phi) is 3.87. The second-order valence-electron chi connectivity index (χ2n) is 6.25. The molecule has 6 heteroatoms. The number of fused-ring (bicyclic) bond motifs is 1. The van der Waals surface area contributed by atoms with Gasteiger partial charge in [-0.2, -0.15) is 5.10 Å². The number of likely N-dealkylation sites (tertiary alicyclic amines) is 1. The molecule has 1 saturated heterocycles. The van der Waals surface area contributed by atoms with E-state index in [2.05, 4.69) is 23.8 Å². The molecule has 2 N–H and O–H groups in total. The van der Waals surface area contributed by atoms with Crippen LogP contribution in [0.1, 0.15) is 43.1 Å². The van der Waals surface area contributed by atoms with Crippen LogP contribution in [0, 0.1) is 5.82 Å². The molecule has 0 spiro atoms. The Balaban J connectivity index is 1.98. The molecule has 2 heterocycles. The minimum Gasteiger partial charge on any atom is -0.366 e. The lowest BCUT2D eigenvalue weighted by Crippen LogP contribution is -2.40. The fraction of sp³-hybridized carbons (Fsp3) is 0.500. The first-order valence-electron chi connectivity index (χ1n) is 7.68. The minimum atomic E-state index is -0.651. The van der Waals surface area contributed by atoms with Crippen LogP contribution in [-0.2, 0) is 0 Å². The number of amides is 1. The Bertz CT molecular complexity index is 709. The first-order chi connectivity index (χ1) is 10.5. The van der Waals surface area contributed by atoms with E-state index in [4.69, 9.17) is 5.73 Å². The van der Waals surface area contributed by atoms with E-state index in [9.17, 15) is 9.18 Å². The monoisotopic (exact) mass is 304 g/mol. The number of aromatic nitrogens is 2. The number of nitrogens with two attached hydrogens (primary N) is 1. The van der Waals surface area contributed by atoms with Crippen molar-refractivity contribution in [2.45, 2.75) is 38.8 Å². The molecular formula is C16H21FN4O. The predicted octanol–water partition coefficient (Wildman–Crippen LogP) is 2.32.